The molecule has 7 nitrogen and oxygen atoms in total. The lowest BCUT2D eigenvalue weighted by Crippen LogP contribution is -2.45. The van der Waals surface area contributed by atoms with Crippen molar-refractivity contribution < 1.29 is 27.4 Å². The zero-order valence-corrected chi connectivity index (χ0v) is 14.8. The standard InChI is InChI=1S/C18H17F3N4O3/c1-10-2-5-15(23-7-10)28-17(26)24-11-3-4-13(19)12(6-11)18(16(20)21)9-27-8-14(22)25-18/h2-7,16H,8-9H2,1H3,(H2,22,25)(H,24,26)/t18-/m0/s1. The Morgan fingerprint density at radius 3 is 2.79 bits per heavy atom. The number of aliphatic imine (C=N–C) groups is 1. The second kappa shape index (κ2) is 7.85. The molecule has 1 atom stereocenters. The van der Waals surface area contributed by atoms with Crippen molar-refractivity contribution in [2.24, 2.45) is 10.7 Å². The van der Waals surface area contributed by atoms with Crippen LogP contribution in [0.1, 0.15) is 11.1 Å². The number of benzene rings is 1. The lowest BCUT2D eigenvalue weighted by atomic mass is 9.90. The molecule has 1 aromatic carbocycles. The Bertz CT molecular complexity index is 905. The van der Waals surface area contributed by atoms with Crippen LogP contribution in [-0.4, -0.2) is 36.6 Å². The number of hydrogen-bond donors (Lipinski definition) is 2. The molecule has 0 aliphatic carbocycles. The number of carbonyl (C=O) groups is 1. The molecule has 0 unspecified atom stereocenters. The summed E-state index contributed by atoms with van der Waals surface area (Å²) in [6, 6.07) is 6.39. The third-order valence-electron chi connectivity index (χ3n) is 4.04. The van der Waals surface area contributed by atoms with Gasteiger partial charge < -0.3 is 15.2 Å². The van der Waals surface area contributed by atoms with Gasteiger partial charge in [-0.2, -0.15) is 0 Å². The van der Waals surface area contributed by atoms with Crippen LogP contribution in [0.25, 0.3) is 0 Å². The largest absolute Gasteiger partial charge is 0.418 e. The SMILES string of the molecule is Cc1ccc(OC(=O)Nc2ccc(F)c([C@]3(C(F)F)COCC(N)=N3)c2)nc1. The van der Waals surface area contributed by atoms with Crippen LogP contribution in [0, 0.1) is 12.7 Å². The Hall–Kier alpha value is -3.14. The summed E-state index contributed by atoms with van der Waals surface area (Å²) in [5.41, 5.74) is 3.69. The normalized spacial score (nSPS) is 19.2. The van der Waals surface area contributed by atoms with E-state index in [4.69, 9.17) is 15.2 Å². The fourth-order valence-corrected chi connectivity index (χ4v) is 2.69. The topological polar surface area (TPSA) is 98.8 Å². The lowest BCUT2D eigenvalue weighted by molar-refractivity contribution is -0.0145. The summed E-state index contributed by atoms with van der Waals surface area (Å²) < 4.78 is 52.0. The van der Waals surface area contributed by atoms with Crippen molar-refractivity contribution in [2.75, 3.05) is 18.5 Å². The second-order valence-electron chi connectivity index (χ2n) is 6.20. The van der Waals surface area contributed by atoms with Gasteiger partial charge in [0.25, 0.3) is 6.43 Å². The highest BCUT2D eigenvalue weighted by atomic mass is 19.3. The number of anilines is 1. The maximum atomic E-state index is 14.4. The molecule has 0 saturated heterocycles. The van der Waals surface area contributed by atoms with E-state index in [9.17, 15) is 18.0 Å². The molecule has 0 spiro atoms. The first-order valence-corrected chi connectivity index (χ1v) is 8.22. The number of ether oxygens (including phenoxy) is 2. The van der Waals surface area contributed by atoms with Gasteiger partial charge in [0.1, 0.15) is 18.3 Å². The Morgan fingerprint density at radius 2 is 2.14 bits per heavy atom. The van der Waals surface area contributed by atoms with Crippen LogP contribution in [0.5, 0.6) is 5.88 Å². The molecule has 3 rings (SSSR count). The fraction of sp³-hybridized carbons (Fsp3) is 0.278. The third-order valence-corrected chi connectivity index (χ3v) is 4.04. The van der Waals surface area contributed by atoms with Crippen molar-refractivity contribution in [1.29, 1.82) is 0 Å². The number of aromatic nitrogens is 1. The van der Waals surface area contributed by atoms with E-state index in [1.807, 2.05) is 6.92 Å². The van der Waals surface area contributed by atoms with E-state index < -0.39 is 36.0 Å². The minimum atomic E-state index is -3.08. The number of nitrogens with one attached hydrogen (secondary N) is 1. The van der Waals surface area contributed by atoms with E-state index in [-0.39, 0.29) is 24.0 Å². The molecule has 1 aromatic heterocycles. The van der Waals surface area contributed by atoms with Gasteiger partial charge in [-0.1, -0.05) is 6.07 Å². The molecule has 1 aliphatic rings. The molecule has 2 aromatic rings. The van der Waals surface area contributed by atoms with Crippen LogP contribution in [-0.2, 0) is 10.3 Å². The molecule has 10 heteroatoms. The highest BCUT2D eigenvalue weighted by Gasteiger charge is 2.46. The smallest absolute Gasteiger partial charge is 0.391 e. The highest BCUT2D eigenvalue weighted by molar-refractivity contribution is 5.86. The van der Waals surface area contributed by atoms with Crippen molar-refractivity contribution in [1.82, 2.24) is 4.98 Å². The number of amides is 1. The van der Waals surface area contributed by atoms with Crippen LogP contribution in [0.3, 0.4) is 0 Å². The van der Waals surface area contributed by atoms with Gasteiger partial charge in [0.15, 0.2) is 5.54 Å². The zero-order valence-electron chi connectivity index (χ0n) is 14.8. The molecule has 2 heterocycles. The summed E-state index contributed by atoms with van der Waals surface area (Å²) in [4.78, 5) is 19.7. The minimum absolute atomic E-state index is 0.0351. The van der Waals surface area contributed by atoms with E-state index in [0.29, 0.717) is 0 Å². The molecule has 28 heavy (non-hydrogen) atoms. The average Bonchev–Trinajstić information content (AvgIpc) is 2.65. The molecule has 0 bridgehead atoms. The summed E-state index contributed by atoms with van der Waals surface area (Å²) in [6.07, 6.45) is -2.49. The summed E-state index contributed by atoms with van der Waals surface area (Å²) in [5.74, 6) is -1.05. The summed E-state index contributed by atoms with van der Waals surface area (Å²) >= 11 is 0. The predicted molar refractivity (Wildman–Crippen MR) is 95.1 cm³/mol. The maximum Gasteiger partial charge on any atom is 0.418 e. The first-order chi connectivity index (χ1) is 13.3. The van der Waals surface area contributed by atoms with Gasteiger partial charge in [0.05, 0.1) is 6.61 Å². The Labute approximate surface area is 158 Å². The molecule has 0 fully saturated rings. The Morgan fingerprint density at radius 1 is 1.36 bits per heavy atom. The first kappa shape index (κ1) is 19.6. The van der Waals surface area contributed by atoms with E-state index in [1.165, 1.54) is 18.3 Å². The van der Waals surface area contributed by atoms with Gasteiger partial charge in [-0.25, -0.2) is 22.9 Å². The van der Waals surface area contributed by atoms with Crippen molar-refractivity contribution in [3.05, 3.63) is 53.5 Å². The van der Waals surface area contributed by atoms with Gasteiger partial charge in [-0.3, -0.25) is 10.3 Å². The number of halogens is 3. The molecule has 3 N–H and O–H groups in total. The number of amidine groups is 1. The Balaban J connectivity index is 1.85. The minimum Gasteiger partial charge on any atom is -0.391 e. The predicted octanol–water partition coefficient (Wildman–Crippen LogP) is 2.99. The molecule has 148 valence electrons. The third kappa shape index (κ3) is 4.06. The monoisotopic (exact) mass is 394 g/mol. The van der Waals surface area contributed by atoms with E-state index in [2.05, 4.69) is 15.3 Å². The summed E-state index contributed by atoms with van der Waals surface area (Å²) in [7, 11) is 0. The molecular weight excluding hydrogens is 377 g/mol. The fourth-order valence-electron chi connectivity index (χ4n) is 2.69. The number of alkyl halides is 2. The van der Waals surface area contributed by atoms with E-state index in [0.717, 1.165) is 17.7 Å². The average molecular weight is 394 g/mol. The van der Waals surface area contributed by atoms with Crippen LogP contribution in [0.15, 0.2) is 41.5 Å². The first-order valence-electron chi connectivity index (χ1n) is 8.22. The van der Waals surface area contributed by atoms with Crippen LogP contribution < -0.4 is 15.8 Å². The van der Waals surface area contributed by atoms with Gasteiger partial charge in [-0.15, -0.1) is 0 Å². The molecule has 1 amide bonds. The van der Waals surface area contributed by atoms with Gasteiger partial charge >= 0.3 is 6.09 Å². The van der Waals surface area contributed by atoms with Crippen molar-refractivity contribution >= 4 is 17.6 Å². The van der Waals surface area contributed by atoms with Gasteiger partial charge in [0.2, 0.25) is 5.88 Å². The zero-order chi connectivity index (χ0) is 20.3. The number of nitrogens with zero attached hydrogens (tertiary/aromatic N) is 2. The van der Waals surface area contributed by atoms with Gasteiger partial charge in [0, 0.05) is 23.5 Å². The number of nitrogens with two attached hydrogens (primary N) is 1. The number of carbonyl (C=O) groups excluding carboxylic acids is 1. The molecular formula is C18H17F3N4O3. The van der Waals surface area contributed by atoms with E-state index >= 15 is 0 Å². The maximum absolute atomic E-state index is 14.4. The van der Waals surface area contributed by atoms with Crippen LogP contribution in [0.2, 0.25) is 0 Å². The highest BCUT2D eigenvalue weighted by Crippen LogP contribution is 2.37. The quantitative estimate of drug-likeness (QED) is 0.831. The summed E-state index contributed by atoms with van der Waals surface area (Å²) in [6.45, 7) is 1.15. The Kier molecular flexibility index (Phi) is 5.50. The summed E-state index contributed by atoms with van der Waals surface area (Å²) in [5, 5.41) is 2.35. The number of pyridine rings is 1. The van der Waals surface area contributed by atoms with Crippen molar-refractivity contribution in [3.63, 3.8) is 0 Å². The van der Waals surface area contributed by atoms with Gasteiger partial charge in [-0.05, 0) is 30.7 Å². The van der Waals surface area contributed by atoms with Crippen molar-refractivity contribution in [2.45, 2.75) is 18.9 Å². The van der Waals surface area contributed by atoms with Crippen molar-refractivity contribution in [3.8, 4) is 5.88 Å². The molecule has 0 saturated carbocycles. The lowest BCUT2D eigenvalue weighted by Gasteiger charge is -2.33. The molecule has 0 radical (unpaired) electrons. The number of hydrogen-bond acceptors (Lipinski definition) is 6. The number of aryl methyl sites for hydroxylation is 1. The molecule has 1 aliphatic heterocycles. The number of rotatable bonds is 4. The second-order valence-corrected chi connectivity index (χ2v) is 6.20. The van der Waals surface area contributed by atoms with E-state index in [1.54, 1.807) is 6.07 Å². The van der Waals surface area contributed by atoms with Crippen LogP contribution in [0.4, 0.5) is 23.7 Å². The van der Waals surface area contributed by atoms with Crippen LogP contribution >= 0.6 is 0 Å².